The summed E-state index contributed by atoms with van der Waals surface area (Å²) in [6.07, 6.45) is -1.25. The molecule has 0 aliphatic heterocycles. The van der Waals surface area contributed by atoms with E-state index >= 15 is 0 Å². The molecule has 0 aliphatic rings. The zero-order valence-electron chi connectivity index (χ0n) is 15.1. The molecule has 2 N–H and O–H groups in total. The van der Waals surface area contributed by atoms with Crippen LogP contribution in [0.15, 0.2) is 48.5 Å². The minimum atomic E-state index is -0.625. The molecule has 2 aromatic rings. The van der Waals surface area contributed by atoms with Crippen molar-refractivity contribution in [1.29, 1.82) is 0 Å². The summed E-state index contributed by atoms with van der Waals surface area (Å²) >= 11 is 0. The number of aliphatic hydroxyl groups is 2. The maximum absolute atomic E-state index is 9.60. The molecular formula is C20H26O6. The van der Waals surface area contributed by atoms with Crippen LogP contribution in [0.3, 0.4) is 0 Å². The Morgan fingerprint density at radius 1 is 0.654 bits per heavy atom. The van der Waals surface area contributed by atoms with Crippen LogP contribution in [0.1, 0.15) is 11.1 Å². The lowest BCUT2D eigenvalue weighted by molar-refractivity contribution is -0.119. The Morgan fingerprint density at radius 3 is 1.27 bits per heavy atom. The second kappa shape index (κ2) is 10.8. The van der Waals surface area contributed by atoms with Crippen molar-refractivity contribution in [2.24, 2.45) is 0 Å². The van der Waals surface area contributed by atoms with Gasteiger partial charge < -0.3 is 29.2 Å². The van der Waals surface area contributed by atoms with Crippen molar-refractivity contribution >= 4 is 0 Å². The van der Waals surface area contributed by atoms with Crippen molar-refractivity contribution in [1.82, 2.24) is 0 Å². The van der Waals surface area contributed by atoms with Gasteiger partial charge in [-0.15, -0.1) is 0 Å². The van der Waals surface area contributed by atoms with Gasteiger partial charge in [-0.1, -0.05) is 24.3 Å². The SMILES string of the molecule is COc1ccc(CO[C@@H](CO)[C@H](CO)OCc2ccc(OC)cc2)cc1. The lowest BCUT2D eigenvalue weighted by atomic mass is 10.2. The molecule has 0 amide bonds. The van der Waals surface area contributed by atoms with E-state index in [-0.39, 0.29) is 13.2 Å². The lowest BCUT2D eigenvalue weighted by Crippen LogP contribution is -2.37. The van der Waals surface area contributed by atoms with Gasteiger partial charge in [0.15, 0.2) is 0 Å². The van der Waals surface area contributed by atoms with Gasteiger partial charge in [0, 0.05) is 0 Å². The van der Waals surface area contributed by atoms with Gasteiger partial charge in [0.1, 0.15) is 23.7 Å². The van der Waals surface area contributed by atoms with E-state index in [1.807, 2.05) is 48.5 Å². The second-order valence-corrected chi connectivity index (χ2v) is 5.76. The van der Waals surface area contributed by atoms with Gasteiger partial charge in [-0.25, -0.2) is 0 Å². The average Bonchev–Trinajstić information content (AvgIpc) is 2.71. The molecular weight excluding hydrogens is 336 g/mol. The molecule has 0 saturated heterocycles. The third-order valence-electron chi connectivity index (χ3n) is 4.02. The standard InChI is InChI=1S/C20H26O6/c1-23-17-7-3-15(4-8-17)13-25-19(11-21)20(12-22)26-14-16-5-9-18(24-2)10-6-16/h3-10,19-22H,11-14H2,1-2H3/t19-,20-/m0/s1. The molecule has 2 aromatic carbocycles. The van der Waals surface area contributed by atoms with Crippen molar-refractivity contribution < 1.29 is 29.2 Å². The summed E-state index contributed by atoms with van der Waals surface area (Å²) in [6, 6.07) is 14.9. The number of methoxy groups -OCH3 is 2. The first-order valence-corrected chi connectivity index (χ1v) is 8.41. The molecule has 26 heavy (non-hydrogen) atoms. The first-order chi connectivity index (χ1) is 12.7. The number of hydrogen-bond acceptors (Lipinski definition) is 6. The van der Waals surface area contributed by atoms with E-state index < -0.39 is 12.2 Å². The lowest BCUT2D eigenvalue weighted by Gasteiger charge is -2.24. The number of ether oxygens (including phenoxy) is 4. The second-order valence-electron chi connectivity index (χ2n) is 5.76. The largest absolute Gasteiger partial charge is 0.497 e. The summed E-state index contributed by atoms with van der Waals surface area (Å²) in [4.78, 5) is 0. The quantitative estimate of drug-likeness (QED) is 0.638. The molecule has 0 saturated carbocycles. The maximum Gasteiger partial charge on any atom is 0.118 e. The molecule has 0 aromatic heterocycles. The van der Waals surface area contributed by atoms with Crippen LogP contribution in [0.5, 0.6) is 11.5 Å². The van der Waals surface area contributed by atoms with Gasteiger partial charge >= 0.3 is 0 Å². The van der Waals surface area contributed by atoms with Crippen LogP contribution >= 0.6 is 0 Å². The predicted molar refractivity (Wildman–Crippen MR) is 97.3 cm³/mol. The molecule has 0 aliphatic carbocycles. The molecule has 142 valence electrons. The summed E-state index contributed by atoms with van der Waals surface area (Å²) in [6.45, 7) is 0.114. The van der Waals surface area contributed by atoms with Crippen LogP contribution in [0, 0.1) is 0 Å². The molecule has 2 rings (SSSR count). The molecule has 0 bridgehead atoms. The Balaban J connectivity index is 1.87. The van der Waals surface area contributed by atoms with Gasteiger partial charge in [-0.2, -0.15) is 0 Å². The van der Waals surface area contributed by atoms with Crippen LogP contribution in [-0.4, -0.2) is 49.9 Å². The summed E-state index contributed by atoms with van der Waals surface area (Å²) in [7, 11) is 3.22. The topological polar surface area (TPSA) is 77.4 Å². The van der Waals surface area contributed by atoms with E-state index in [4.69, 9.17) is 18.9 Å². The zero-order chi connectivity index (χ0) is 18.8. The van der Waals surface area contributed by atoms with E-state index in [0.717, 1.165) is 22.6 Å². The van der Waals surface area contributed by atoms with Crippen molar-refractivity contribution in [2.75, 3.05) is 27.4 Å². The van der Waals surface area contributed by atoms with Crippen LogP contribution in [-0.2, 0) is 22.7 Å². The first kappa shape index (κ1) is 20.2. The van der Waals surface area contributed by atoms with Crippen molar-refractivity contribution in [3.05, 3.63) is 59.7 Å². The fourth-order valence-corrected chi connectivity index (χ4v) is 2.41. The van der Waals surface area contributed by atoms with Gasteiger partial charge in [-0.05, 0) is 35.4 Å². The Hall–Kier alpha value is -2.12. The number of benzene rings is 2. The average molecular weight is 362 g/mol. The molecule has 0 unspecified atom stereocenters. The summed E-state index contributed by atoms with van der Waals surface area (Å²) in [5.41, 5.74) is 1.88. The molecule has 6 heteroatoms. The fraction of sp³-hybridized carbons (Fsp3) is 0.400. The number of rotatable bonds is 11. The summed E-state index contributed by atoms with van der Waals surface area (Å²) in [5.74, 6) is 1.53. The predicted octanol–water partition coefficient (Wildman–Crippen LogP) is 2.16. The third kappa shape index (κ3) is 6.00. The summed E-state index contributed by atoms with van der Waals surface area (Å²) in [5, 5.41) is 19.2. The van der Waals surface area contributed by atoms with E-state index in [1.165, 1.54) is 0 Å². The highest BCUT2D eigenvalue weighted by molar-refractivity contribution is 5.27. The normalized spacial score (nSPS) is 13.2. The minimum absolute atomic E-state index is 0.246. The zero-order valence-corrected chi connectivity index (χ0v) is 15.1. The Labute approximate surface area is 153 Å². The van der Waals surface area contributed by atoms with E-state index in [0.29, 0.717) is 13.2 Å². The van der Waals surface area contributed by atoms with Crippen LogP contribution in [0.4, 0.5) is 0 Å². The highest BCUT2D eigenvalue weighted by Crippen LogP contribution is 2.16. The van der Waals surface area contributed by atoms with Crippen LogP contribution in [0.25, 0.3) is 0 Å². The van der Waals surface area contributed by atoms with E-state index in [9.17, 15) is 10.2 Å². The van der Waals surface area contributed by atoms with Crippen LogP contribution in [0.2, 0.25) is 0 Å². The van der Waals surface area contributed by atoms with Gasteiger partial charge in [0.25, 0.3) is 0 Å². The number of aliphatic hydroxyl groups excluding tert-OH is 2. The Bertz CT molecular complexity index is 568. The number of hydrogen-bond donors (Lipinski definition) is 2. The molecule has 0 radical (unpaired) electrons. The van der Waals surface area contributed by atoms with Crippen LogP contribution < -0.4 is 9.47 Å². The smallest absolute Gasteiger partial charge is 0.118 e. The minimum Gasteiger partial charge on any atom is -0.497 e. The highest BCUT2D eigenvalue weighted by Gasteiger charge is 2.22. The fourth-order valence-electron chi connectivity index (χ4n) is 2.41. The molecule has 0 fully saturated rings. The monoisotopic (exact) mass is 362 g/mol. The maximum atomic E-state index is 9.60. The van der Waals surface area contributed by atoms with Gasteiger partial charge in [0.05, 0.1) is 40.6 Å². The van der Waals surface area contributed by atoms with E-state index in [2.05, 4.69) is 0 Å². The Morgan fingerprint density at radius 2 is 1.00 bits per heavy atom. The highest BCUT2D eigenvalue weighted by atomic mass is 16.6. The van der Waals surface area contributed by atoms with Crippen molar-refractivity contribution in [2.45, 2.75) is 25.4 Å². The first-order valence-electron chi connectivity index (χ1n) is 8.41. The summed E-state index contributed by atoms with van der Waals surface area (Å²) < 4.78 is 21.7. The van der Waals surface area contributed by atoms with Gasteiger partial charge in [0.2, 0.25) is 0 Å². The van der Waals surface area contributed by atoms with E-state index in [1.54, 1.807) is 14.2 Å². The van der Waals surface area contributed by atoms with Crippen molar-refractivity contribution in [3.8, 4) is 11.5 Å². The molecule has 6 nitrogen and oxygen atoms in total. The Kier molecular flexibility index (Phi) is 8.37. The van der Waals surface area contributed by atoms with Gasteiger partial charge in [-0.3, -0.25) is 0 Å². The molecule has 0 heterocycles. The molecule has 2 atom stereocenters. The molecule has 0 spiro atoms. The van der Waals surface area contributed by atoms with Crippen molar-refractivity contribution in [3.63, 3.8) is 0 Å². The third-order valence-corrected chi connectivity index (χ3v) is 4.02.